The van der Waals surface area contributed by atoms with Gasteiger partial charge in [-0.1, -0.05) is 13.0 Å². The predicted octanol–water partition coefficient (Wildman–Crippen LogP) is 3.24. The van der Waals surface area contributed by atoms with E-state index in [2.05, 4.69) is 39.6 Å². The van der Waals surface area contributed by atoms with E-state index in [4.69, 9.17) is 4.98 Å². The average Bonchev–Trinajstić information content (AvgIpc) is 3.21. The Hall–Kier alpha value is -1.95. The number of carbonyl (C=O) groups is 1. The van der Waals surface area contributed by atoms with Crippen LogP contribution < -0.4 is 10.2 Å². The number of hydrogen-bond acceptors (Lipinski definition) is 5. The second-order valence-corrected chi connectivity index (χ2v) is 8.90. The van der Waals surface area contributed by atoms with Gasteiger partial charge in [-0.05, 0) is 61.5 Å². The number of aromatic nitrogens is 2. The third-order valence-corrected chi connectivity index (χ3v) is 6.76. The smallest absolute Gasteiger partial charge is 0.225 e. The van der Waals surface area contributed by atoms with Crippen LogP contribution in [0.4, 0.5) is 5.95 Å². The number of fused-ring (bicyclic) bond motifs is 1. The molecule has 2 aliphatic rings. The van der Waals surface area contributed by atoms with E-state index in [9.17, 15) is 4.79 Å². The van der Waals surface area contributed by atoms with Gasteiger partial charge in [0, 0.05) is 42.3 Å². The van der Waals surface area contributed by atoms with Gasteiger partial charge in [-0.25, -0.2) is 9.97 Å². The molecule has 0 saturated carbocycles. The lowest BCUT2D eigenvalue weighted by Gasteiger charge is -2.31. The average molecular weight is 385 g/mol. The molecule has 0 radical (unpaired) electrons. The number of amides is 1. The molecule has 2 aromatic rings. The topological polar surface area (TPSA) is 58.1 Å². The van der Waals surface area contributed by atoms with Crippen LogP contribution in [0.15, 0.2) is 23.7 Å². The van der Waals surface area contributed by atoms with Crippen molar-refractivity contribution in [2.75, 3.05) is 24.5 Å². The molecule has 4 rings (SSSR count). The molecule has 0 aromatic carbocycles. The van der Waals surface area contributed by atoms with Gasteiger partial charge in [0.05, 0.1) is 0 Å². The van der Waals surface area contributed by atoms with Crippen molar-refractivity contribution in [2.45, 2.75) is 45.4 Å². The standard InChI is InChI=1S/C21H28N4OS/c1-15-7-10-25(11-8-15)21-23-14-17-13-16(4-5-19(17)24-21)20(26)22-9-6-18-3-2-12-27-18/h2-3,12,14-16H,4-11,13H2,1H3,(H,22,26)/t16-/m1/s1. The van der Waals surface area contributed by atoms with Gasteiger partial charge in [-0.15, -0.1) is 11.3 Å². The van der Waals surface area contributed by atoms with E-state index in [0.29, 0.717) is 6.54 Å². The summed E-state index contributed by atoms with van der Waals surface area (Å²) in [6, 6.07) is 4.17. The number of nitrogens with zero attached hydrogens (tertiary/aromatic N) is 3. The van der Waals surface area contributed by atoms with Gasteiger partial charge in [0.15, 0.2) is 0 Å². The number of aryl methyl sites for hydroxylation is 1. The lowest BCUT2D eigenvalue weighted by atomic mass is 9.86. The second kappa shape index (κ2) is 8.38. The highest BCUT2D eigenvalue weighted by atomic mass is 32.1. The van der Waals surface area contributed by atoms with Crippen LogP contribution in [0.5, 0.6) is 0 Å². The van der Waals surface area contributed by atoms with Gasteiger partial charge >= 0.3 is 0 Å². The first-order chi connectivity index (χ1) is 13.2. The minimum absolute atomic E-state index is 0.0473. The summed E-state index contributed by atoms with van der Waals surface area (Å²) in [4.78, 5) is 25.6. The Morgan fingerprint density at radius 3 is 2.96 bits per heavy atom. The predicted molar refractivity (Wildman–Crippen MR) is 109 cm³/mol. The van der Waals surface area contributed by atoms with Crippen molar-refractivity contribution in [2.24, 2.45) is 11.8 Å². The van der Waals surface area contributed by atoms with Crippen molar-refractivity contribution in [3.05, 3.63) is 39.8 Å². The van der Waals surface area contributed by atoms with Gasteiger partial charge in [-0.2, -0.15) is 0 Å². The first kappa shape index (κ1) is 18.4. The van der Waals surface area contributed by atoms with E-state index in [1.54, 1.807) is 11.3 Å². The van der Waals surface area contributed by atoms with Gasteiger partial charge in [0.2, 0.25) is 11.9 Å². The maximum Gasteiger partial charge on any atom is 0.225 e. The highest BCUT2D eigenvalue weighted by Crippen LogP contribution is 2.27. The van der Waals surface area contributed by atoms with Crippen molar-refractivity contribution < 1.29 is 4.79 Å². The third-order valence-electron chi connectivity index (χ3n) is 5.83. The summed E-state index contributed by atoms with van der Waals surface area (Å²) in [6.45, 7) is 5.13. The van der Waals surface area contributed by atoms with Crippen LogP contribution in [0.25, 0.3) is 0 Å². The molecule has 0 spiro atoms. The molecule has 0 bridgehead atoms. The van der Waals surface area contributed by atoms with Crippen LogP contribution >= 0.6 is 11.3 Å². The Morgan fingerprint density at radius 2 is 2.19 bits per heavy atom. The van der Waals surface area contributed by atoms with Gasteiger partial charge in [-0.3, -0.25) is 4.79 Å². The molecule has 3 heterocycles. The Bertz CT molecular complexity index is 768. The molecule has 1 aliphatic heterocycles. The summed E-state index contributed by atoms with van der Waals surface area (Å²) in [5.74, 6) is 1.90. The molecule has 1 amide bonds. The van der Waals surface area contributed by atoms with E-state index < -0.39 is 0 Å². The van der Waals surface area contributed by atoms with Crippen molar-refractivity contribution in [3.63, 3.8) is 0 Å². The van der Waals surface area contributed by atoms with E-state index in [-0.39, 0.29) is 11.8 Å². The highest BCUT2D eigenvalue weighted by molar-refractivity contribution is 7.09. The maximum absolute atomic E-state index is 12.5. The Labute approximate surface area is 165 Å². The SMILES string of the molecule is CC1CCN(c2ncc3c(n2)CC[C@@H](C(=O)NCCc2cccs2)C3)CC1. The Kier molecular flexibility index (Phi) is 5.72. The molecule has 1 atom stereocenters. The number of rotatable bonds is 5. The Balaban J connectivity index is 1.32. The van der Waals surface area contributed by atoms with Crippen molar-refractivity contribution >= 4 is 23.2 Å². The molecule has 1 N–H and O–H groups in total. The zero-order chi connectivity index (χ0) is 18.6. The molecular formula is C21H28N4OS. The lowest BCUT2D eigenvalue weighted by molar-refractivity contribution is -0.125. The fourth-order valence-electron chi connectivity index (χ4n) is 3.99. The van der Waals surface area contributed by atoms with Crippen LogP contribution in [0.2, 0.25) is 0 Å². The van der Waals surface area contributed by atoms with Gasteiger partial charge < -0.3 is 10.2 Å². The van der Waals surface area contributed by atoms with Gasteiger partial charge in [0.1, 0.15) is 0 Å². The summed E-state index contributed by atoms with van der Waals surface area (Å²) in [5, 5.41) is 5.18. The molecule has 27 heavy (non-hydrogen) atoms. The van der Waals surface area contributed by atoms with Crippen molar-refractivity contribution in [1.82, 2.24) is 15.3 Å². The van der Waals surface area contributed by atoms with Crippen LogP contribution in [-0.2, 0) is 24.1 Å². The van der Waals surface area contributed by atoms with Crippen LogP contribution in [-0.4, -0.2) is 35.5 Å². The molecule has 2 aromatic heterocycles. The quantitative estimate of drug-likeness (QED) is 0.860. The molecule has 144 valence electrons. The minimum Gasteiger partial charge on any atom is -0.355 e. The first-order valence-electron chi connectivity index (χ1n) is 10.1. The largest absolute Gasteiger partial charge is 0.355 e. The van der Waals surface area contributed by atoms with Crippen molar-refractivity contribution in [1.29, 1.82) is 0 Å². The molecule has 1 saturated heterocycles. The normalized spacial score (nSPS) is 20.3. The zero-order valence-corrected chi connectivity index (χ0v) is 16.8. The van der Waals surface area contributed by atoms with Gasteiger partial charge in [0.25, 0.3) is 0 Å². The minimum atomic E-state index is 0.0473. The molecular weight excluding hydrogens is 356 g/mol. The highest BCUT2D eigenvalue weighted by Gasteiger charge is 2.27. The summed E-state index contributed by atoms with van der Waals surface area (Å²) < 4.78 is 0. The Morgan fingerprint density at radius 1 is 1.33 bits per heavy atom. The van der Waals surface area contributed by atoms with E-state index in [0.717, 1.165) is 61.9 Å². The molecule has 1 aliphatic carbocycles. The van der Waals surface area contributed by atoms with Crippen LogP contribution in [0, 0.1) is 11.8 Å². The summed E-state index contributed by atoms with van der Waals surface area (Å²) in [6.07, 6.45) is 7.82. The summed E-state index contributed by atoms with van der Waals surface area (Å²) in [5.41, 5.74) is 2.29. The monoisotopic (exact) mass is 384 g/mol. The maximum atomic E-state index is 12.5. The molecule has 6 heteroatoms. The van der Waals surface area contributed by atoms with Crippen LogP contribution in [0.1, 0.15) is 42.3 Å². The zero-order valence-electron chi connectivity index (χ0n) is 16.0. The number of thiophene rings is 1. The molecule has 1 fully saturated rings. The number of hydrogen-bond donors (Lipinski definition) is 1. The number of carbonyl (C=O) groups excluding carboxylic acids is 1. The first-order valence-corrected chi connectivity index (χ1v) is 11.0. The fraction of sp³-hybridized carbons (Fsp3) is 0.571. The van der Waals surface area contributed by atoms with Crippen LogP contribution in [0.3, 0.4) is 0 Å². The fourth-order valence-corrected chi connectivity index (χ4v) is 4.70. The van der Waals surface area contributed by atoms with E-state index in [1.807, 2.05) is 6.20 Å². The van der Waals surface area contributed by atoms with E-state index in [1.165, 1.54) is 17.7 Å². The number of anilines is 1. The second-order valence-electron chi connectivity index (χ2n) is 7.87. The summed E-state index contributed by atoms with van der Waals surface area (Å²) in [7, 11) is 0. The van der Waals surface area contributed by atoms with E-state index >= 15 is 0 Å². The molecule has 0 unspecified atom stereocenters. The lowest BCUT2D eigenvalue weighted by Crippen LogP contribution is -2.36. The third kappa shape index (κ3) is 4.49. The number of piperidine rings is 1. The van der Waals surface area contributed by atoms with Crippen molar-refractivity contribution in [3.8, 4) is 0 Å². The number of nitrogens with one attached hydrogen (secondary N) is 1. The molecule has 5 nitrogen and oxygen atoms in total. The summed E-state index contributed by atoms with van der Waals surface area (Å²) >= 11 is 1.74.